The second-order valence-electron chi connectivity index (χ2n) is 5.64. The van der Waals surface area contributed by atoms with Crippen LogP contribution in [-0.2, 0) is 25.6 Å². The molecule has 0 N–H and O–H groups in total. The zero-order valence-electron chi connectivity index (χ0n) is 14.3. The lowest BCUT2D eigenvalue weighted by Gasteiger charge is -2.32. The van der Waals surface area contributed by atoms with Crippen LogP contribution < -0.4 is 0 Å². The maximum atomic E-state index is 12.5. The van der Waals surface area contributed by atoms with Crippen LogP contribution in [0.15, 0.2) is 54.3 Å². The van der Waals surface area contributed by atoms with Crippen LogP contribution in [0, 0.1) is 0 Å². The topological polar surface area (TPSA) is 72.9 Å². The van der Waals surface area contributed by atoms with E-state index in [2.05, 4.69) is 4.18 Å². The van der Waals surface area contributed by atoms with E-state index in [9.17, 15) is 26.4 Å². The van der Waals surface area contributed by atoms with E-state index in [1.54, 1.807) is 43.3 Å². The van der Waals surface area contributed by atoms with Crippen molar-refractivity contribution in [1.82, 2.24) is 4.90 Å². The summed E-state index contributed by atoms with van der Waals surface area (Å²) < 4.78 is 69.1. The molecule has 148 valence electrons. The molecule has 1 aliphatic rings. The minimum atomic E-state index is -5.75. The van der Waals surface area contributed by atoms with Gasteiger partial charge in [0.15, 0.2) is 0 Å². The van der Waals surface area contributed by atoms with Gasteiger partial charge in [0.1, 0.15) is 12.4 Å². The monoisotopic (exact) mass is 405 g/mol. The lowest BCUT2D eigenvalue weighted by atomic mass is 10.1. The molecule has 6 nitrogen and oxygen atoms in total. The summed E-state index contributed by atoms with van der Waals surface area (Å²) >= 11 is 0. The Balaban J connectivity index is 2.07. The Morgan fingerprint density at radius 3 is 2.56 bits per heavy atom. The molecule has 0 aliphatic carbocycles. The Kier molecular flexibility index (Phi) is 6.53. The summed E-state index contributed by atoms with van der Waals surface area (Å²) in [7, 11) is -5.75. The van der Waals surface area contributed by atoms with Gasteiger partial charge in [-0.2, -0.15) is 21.6 Å². The summed E-state index contributed by atoms with van der Waals surface area (Å²) in [5.74, 6) is -0.373. The highest BCUT2D eigenvalue weighted by Crippen LogP contribution is 2.30. The van der Waals surface area contributed by atoms with Crippen molar-refractivity contribution in [2.45, 2.75) is 31.5 Å². The van der Waals surface area contributed by atoms with Crippen LogP contribution in [-0.4, -0.2) is 37.5 Å². The Morgan fingerprint density at radius 2 is 1.96 bits per heavy atom. The number of rotatable bonds is 5. The number of amides is 1. The van der Waals surface area contributed by atoms with Crippen molar-refractivity contribution in [2.75, 3.05) is 6.54 Å². The van der Waals surface area contributed by atoms with Gasteiger partial charge in [-0.1, -0.05) is 42.5 Å². The molecular weight excluding hydrogens is 387 g/mol. The predicted molar refractivity (Wildman–Crippen MR) is 90.7 cm³/mol. The minimum Gasteiger partial charge on any atom is -0.445 e. The Morgan fingerprint density at radius 1 is 1.30 bits per heavy atom. The van der Waals surface area contributed by atoms with Gasteiger partial charge in [-0.15, -0.1) is 0 Å². The summed E-state index contributed by atoms with van der Waals surface area (Å²) in [6, 6.07) is 8.27. The van der Waals surface area contributed by atoms with Crippen molar-refractivity contribution >= 4 is 16.2 Å². The van der Waals surface area contributed by atoms with E-state index in [4.69, 9.17) is 4.74 Å². The number of alkyl halides is 3. The maximum absolute atomic E-state index is 12.5. The largest absolute Gasteiger partial charge is 0.534 e. The van der Waals surface area contributed by atoms with E-state index in [0.29, 0.717) is 0 Å². The molecule has 2 rings (SSSR count). The number of ether oxygens (including phenoxy) is 1. The molecule has 27 heavy (non-hydrogen) atoms. The first-order valence-corrected chi connectivity index (χ1v) is 9.35. The van der Waals surface area contributed by atoms with Crippen molar-refractivity contribution < 1.29 is 35.3 Å². The number of nitrogens with zero attached hydrogens (tertiary/aromatic N) is 1. The van der Waals surface area contributed by atoms with Crippen LogP contribution in [0.25, 0.3) is 0 Å². The molecule has 0 saturated heterocycles. The van der Waals surface area contributed by atoms with Crippen LogP contribution in [0.5, 0.6) is 0 Å². The van der Waals surface area contributed by atoms with Crippen molar-refractivity contribution in [3.05, 3.63) is 59.9 Å². The molecule has 1 aromatic carbocycles. The molecule has 0 radical (unpaired) electrons. The van der Waals surface area contributed by atoms with E-state index < -0.39 is 27.8 Å². The fraction of sp³-hybridized carbons (Fsp3) is 0.353. The average molecular weight is 405 g/mol. The standard InChI is InChI=1S/C17H18F3NO5S/c1-2-6-14-11-15(26-27(23,24)17(18,19)20)9-10-21(14)16(22)25-12-13-7-4-3-5-8-13/h2-9,14H,10-12H2,1H3/b6-2-/t14-/m1/s1. The third kappa shape index (κ3) is 5.49. The highest BCUT2D eigenvalue weighted by molar-refractivity contribution is 7.87. The van der Waals surface area contributed by atoms with E-state index in [1.165, 1.54) is 4.90 Å². The zero-order valence-corrected chi connectivity index (χ0v) is 15.2. The maximum Gasteiger partial charge on any atom is 0.534 e. The number of carbonyl (C=O) groups excluding carboxylic acids is 1. The normalized spacial score (nSPS) is 18.3. The van der Waals surface area contributed by atoms with Gasteiger partial charge in [-0.25, -0.2) is 4.79 Å². The van der Waals surface area contributed by atoms with Gasteiger partial charge in [0.25, 0.3) is 0 Å². The third-order valence-corrected chi connectivity index (χ3v) is 4.68. The molecule has 1 atom stereocenters. The summed E-state index contributed by atoms with van der Waals surface area (Å²) in [5, 5.41) is 0. The fourth-order valence-corrected chi connectivity index (χ4v) is 2.91. The molecule has 0 bridgehead atoms. The number of allylic oxidation sites excluding steroid dienone is 1. The Hall–Kier alpha value is -2.49. The van der Waals surface area contributed by atoms with E-state index in [1.807, 2.05) is 6.07 Å². The molecule has 0 fully saturated rings. The van der Waals surface area contributed by atoms with Crippen molar-refractivity contribution in [3.63, 3.8) is 0 Å². The highest BCUT2D eigenvalue weighted by atomic mass is 32.2. The van der Waals surface area contributed by atoms with E-state index in [-0.39, 0.29) is 25.3 Å². The number of hydrogen-bond acceptors (Lipinski definition) is 5. The van der Waals surface area contributed by atoms with E-state index >= 15 is 0 Å². The first-order valence-electron chi connectivity index (χ1n) is 7.94. The molecule has 0 saturated carbocycles. The van der Waals surface area contributed by atoms with Crippen LogP contribution in [0.3, 0.4) is 0 Å². The summed E-state index contributed by atoms with van der Waals surface area (Å²) in [6.07, 6.45) is 3.38. The Bertz CT molecular complexity index is 819. The smallest absolute Gasteiger partial charge is 0.445 e. The second kappa shape index (κ2) is 8.47. The first kappa shape index (κ1) is 20.8. The van der Waals surface area contributed by atoms with Crippen LogP contribution in [0.4, 0.5) is 18.0 Å². The summed E-state index contributed by atoms with van der Waals surface area (Å²) in [4.78, 5) is 13.6. The van der Waals surface area contributed by atoms with Crippen molar-refractivity contribution in [2.24, 2.45) is 0 Å². The fourth-order valence-electron chi connectivity index (χ4n) is 2.40. The molecule has 0 aromatic heterocycles. The summed E-state index contributed by atoms with van der Waals surface area (Å²) in [5.41, 5.74) is -4.74. The van der Waals surface area contributed by atoms with E-state index in [0.717, 1.165) is 11.6 Å². The van der Waals surface area contributed by atoms with Gasteiger partial charge in [0, 0.05) is 13.0 Å². The van der Waals surface area contributed by atoms with Crippen LogP contribution >= 0.6 is 0 Å². The first-order chi connectivity index (χ1) is 12.6. The van der Waals surface area contributed by atoms with Gasteiger partial charge in [-0.3, -0.25) is 4.90 Å². The molecule has 0 unspecified atom stereocenters. The van der Waals surface area contributed by atoms with Gasteiger partial charge in [0.05, 0.1) is 6.04 Å². The van der Waals surface area contributed by atoms with Crippen molar-refractivity contribution in [1.29, 1.82) is 0 Å². The predicted octanol–water partition coefficient (Wildman–Crippen LogP) is 3.72. The molecule has 1 aromatic rings. The SMILES string of the molecule is C/C=C\[C@@H]1CC(OS(=O)(=O)C(F)(F)F)=CCN1C(=O)OCc1ccccc1. The lowest BCUT2D eigenvalue weighted by molar-refractivity contribution is -0.0526. The zero-order chi connectivity index (χ0) is 20.1. The molecule has 10 heteroatoms. The lowest BCUT2D eigenvalue weighted by Crippen LogP contribution is -2.43. The van der Waals surface area contributed by atoms with Gasteiger partial charge >= 0.3 is 21.7 Å². The highest BCUT2D eigenvalue weighted by Gasteiger charge is 2.49. The van der Waals surface area contributed by atoms with Crippen molar-refractivity contribution in [3.8, 4) is 0 Å². The number of carbonyl (C=O) groups is 1. The summed E-state index contributed by atoms with van der Waals surface area (Å²) in [6.45, 7) is 1.55. The van der Waals surface area contributed by atoms with Gasteiger partial charge in [0.2, 0.25) is 0 Å². The molecule has 1 heterocycles. The molecule has 1 aliphatic heterocycles. The average Bonchev–Trinajstić information content (AvgIpc) is 2.60. The molecular formula is C17H18F3NO5S. The van der Waals surface area contributed by atoms with Gasteiger partial charge in [-0.05, 0) is 18.6 Å². The number of hydrogen-bond donors (Lipinski definition) is 0. The minimum absolute atomic E-state index is 0.0360. The number of halogens is 3. The third-order valence-electron chi connectivity index (χ3n) is 3.68. The van der Waals surface area contributed by atoms with Crippen LogP contribution in [0.1, 0.15) is 18.9 Å². The Labute approximate surface area is 155 Å². The quantitative estimate of drug-likeness (QED) is 0.424. The van der Waals surface area contributed by atoms with Crippen LogP contribution in [0.2, 0.25) is 0 Å². The second-order valence-corrected chi connectivity index (χ2v) is 7.18. The molecule has 1 amide bonds. The molecule has 0 spiro atoms. The number of benzene rings is 1. The van der Waals surface area contributed by atoms with Gasteiger partial charge < -0.3 is 8.92 Å².